The average molecular weight is 528 g/mol. The van der Waals surface area contributed by atoms with Gasteiger partial charge in [0.25, 0.3) is 0 Å². The molecule has 2 heterocycles. The summed E-state index contributed by atoms with van der Waals surface area (Å²) in [5, 5.41) is 4.43. The fraction of sp³-hybridized carbons (Fsp3) is 0.226. The van der Waals surface area contributed by atoms with Gasteiger partial charge in [0.2, 0.25) is 5.89 Å². The number of aromatic nitrogens is 2. The molecule has 5 aromatic rings. The van der Waals surface area contributed by atoms with Crippen LogP contribution in [0, 0.1) is 0 Å². The van der Waals surface area contributed by atoms with Gasteiger partial charge in [-0.15, -0.1) is 0 Å². The summed E-state index contributed by atoms with van der Waals surface area (Å²) in [6.45, 7) is 7.62. The molecule has 1 N–H and O–H groups in total. The SMILES string of the molecule is CCC(c1ccc(Cl)cc1)(c1nc(-c2ccccc2)co1)n1ccc2c(NC(=O)OC(C)(C)C)cccc21. The van der Waals surface area contributed by atoms with Crippen LogP contribution in [0.15, 0.2) is 95.7 Å². The van der Waals surface area contributed by atoms with Crippen molar-refractivity contribution in [1.82, 2.24) is 9.55 Å². The van der Waals surface area contributed by atoms with Gasteiger partial charge in [-0.3, -0.25) is 5.32 Å². The maximum absolute atomic E-state index is 12.6. The number of oxazole rings is 1. The standard InChI is InChI=1S/C31H30ClN3O3/c1-5-31(22-14-16-23(32)17-15-22,28-33-26(20-37-28)21-10-7-6-8-11-21)35-19-18-24-25(12-9-13-27(24)35)34-29(36)38-30(2,3)4/h6-20H,5H2,1-4H3,(H,34,36). The molecule has 7 heteroatoms. The van der Waals surface area contributed by atoms with Gasteiger partial charge >= 0.3 is 6.09 Å². The lowest BCUT2D eigenvalue weighted by Crippen LogP contribution is -2.35. The van der Waals surface area contributed by atoms with Gasteiger partial charge in [0.05, 0.1) is 11.2 Å². The summed E-state index contributed by atoms with van der Waals surface area (Å²) < 4.78 is 13.9. The first-order chi connectivity index (χ1) is 18.2. The Bertz CT molecular complexity index is 1570. The van der Waals surface area contributed by atoms with E-state index in [0.717, 1.165) is 27.7 Å². The third kappa shape index (κ3) is 4.79. The molecule has 1 amide bonds. The molecule has 0 aliphatic carbocycles. The molecule has 2 aromatic heterocycles. The molecule has 0 spiro atoms. The number of carbonyl (C=O) groups is 1. The highest BCUT2D eigenvalue weighted by Crippen LogP contribution is 2.42. The summed E-state index contributed by atoms with van der Waals surface area (Å²) in [6.07, 6.45) is 3.86. The summed E-state index contributed by atoms with van der Waals surface area (Å²) in [5.74, 6) is 0.559. The highest BCUT2D eigenvalue weighted by atomic mass is 35.5. The number of rotatable bonds is 6. The number of nitrogens with one attached hydrogen (secondary N) is 1. The molecule has 0 radical (unpaired) electrons. The van der Waals surface area contributed by atoms with E-state index in [1.807, 2.05) is 106 Å². The van der Waals surface area contributed by atoms with Gasteiger partial charge in [-0.25, -0.2) is 9.78 Å². The molecule has 6 nitrogen and oxygen atoms in total. The Balaban J connectivity index is 1.67. The van der Waals surface area contributed by atoms with Gasteiger partial charge in [0.15, 0.2) is 0 Å². The highest BCUT2D eigenvalue weighted by Gasteiger charge is 2.40. The van der Waals surface area contributed by atoms with Gasteiger partial charge in [-0.1, -0.05) is 67.1 Å². The van der Waals surface area contributed by atoms with Gasteiger partial charge in [0.1, 0.15) is 23.1 Å². The van der Waals surface area contributed by atoms with E-state index in [4.69, 9.17) is 25.7 Å². The molecule has 5 rings (SSSR count). The molecule has 0 bridgehead atoms. The second kappa shape index (κ2) is 10.0. The van der Waals surface area contributed by atoms with Crippen LogP contribution in [0.3, 0.4) is 0 Å². The van der Waals surface area contributed by atoms with Crippen LogP contribution in [-0.4, -0.2) is 21.2 Å². The van der Waals surface area contributed by atoms with Crippen molar-refractivity contribution < 1.29 is 13.9 Å². The normalized spacial score (nSPS) is 13.3. The minimum atomic E-state index is -0.774. The minimum absolute atomic E-state index is 0.502. The molecule has 3 aromatic carbocycles. The van der Waals surface area contributed by atoms with Crippen molar-refractivity contribution in [2.24, 2.45) is 0 Å². The van der Waals surface area contributed by atoms with Crippen molar-refractivity contribution in [2.45, 2.75) is 45.3 Å². The van der Waals surface area contributed by atoms with Gasteiger partial charge in [-0.05, 0) is 63.1 Å². The van der Waals surface area contributed by atoms with E-state index in [-0.39, 0.29) is 0 Å². The fourth-order valence-electron chi connectivity index (χ4n) is 4.85. The van der Waals surface area contributed by atoms with Crippen molar-refractivity contribution in [3.63, 3.8) is 0 Å². The Labute approximate surface area is 227 Å². The Morgan fingerprint density at radius 2 is 1.74 bits per heavy atom. The highest BCUT2D eigenvalue weighted by molar-refractivity contribution is 6.30. The first-order valence-corrected chi connectivity index (χ1v) is 13.0. The van der Waals surface area contributed by atoms with E-state index in [0.29, 0.717) is 23.0 Å². The van der Waals surface area contributed by atoms with Gasteiger partial charge < -0.3 is 13.7 Å². The number of amides is 1. The number of ether oxygens (including phenoxy) is 1. The van der Waals surface area contributed by atoms with Gasteiger partial charge in [0, 0.05) is 22.2 Å². The van der Waals surface area contributed by atoms with Crippen LogP contribution >= 0.6 is 11.6 Å². The lowest BCUT2D eigenvalue weighted by atomic mass is 9.86. The summed E-state index contributed by atoms with van der Waals surface area (Å²) in [5.41, 5.74) is 2.92. The maximum atomic E-state index is 12.6. The molecular formula is C31H30ClN3O3. The first-order valence-electron chi connectivity index (χ1n) is 12.6. The maximum Gasteiger partial charge on any atom is 0.412 e. The number of halogens is 1. The molecule has 0 aliphatic heterocycles. The number of anilines is 1. The summed E-state index contributed by atoms with van der Waals surface area (Å²) in [4.78, 5) is 17.6. The zero-order valence-corrected chi connectivity index (χ0v) is 22.6. The molecule has 0 fully saturated rings. The third-order valence-corrected chi connectivity index (χ3v) is 6.79. The second-order valence-electron chi connectivity index (χ2n) is 10.2. The molecule has 194 valence electrons. The lowest BCUT2D eigenvalue weighted by Gasteiger charge is -2.33. The Hall–Kier alpha value is -4.03. The predicted molar refractivity (Wildman–Crippen MR) is 152 cm³/mol. The number of carbonyl (C=O) groups excluding carboxylic acids is 1. The molecule has 1 unspecified atom stereocenters. The van der Waals surface area contributed by atoms with Crippen LogP contribution in [-0.2, 0) is 10.3 Å². The van der Waals surface area contributed by atoms with Crippen molar-refractivity contribution in [1.29, 1.82) is 0 Å². The summed E-state index contributed by atoms with van der Waals surface area (Å²) in [6, 6.07) is 25.5. The van der Waals surface area contributed by atoms with Crippen LogP contribution in [0.5, 0.6) is 0 Å². The van der Waals surface area contributed by atoms with E-state index in [1.54, 1.807) is 6.26 Å². The molecule has 1 atom stereocenters. The van der Waals surface area contributed by atoms with E-state index in [2.05, 4.69) is 16.8 Å². The van der Waals surface area contributed by atoms with E-state index in [9.17, 15) is 4.79 Å². The molecule has 0 aliphatic rings. The largest absolute Gasteiger partial charge is 0.445 e. The Morgan fingerprint density at radius 3 is 2.42 bits per heavy atom. The van der Waals surface area contributed by atoms with Crippen LogP contribution in [0.1, 0.15) is 45.6 Å². The number of nitrogens with zero attached hydrogens (tertiary/aromatic N) is 2. The van der Waals surface area contributed by atoms with E-state index >= 15 is 0 Å². The zero-order valence-electron chi connectivity index (χ0n) is 21.9. The molecule has 38 heavy (non-hydrogen) atoms. The average Bonchev–Trinajstić information content (AvgIpc) is 3.55. The fourth-order valence-corrected chi connectivity index (χ4v) is 4.97. The molecular weight excluding hydrogens is 498 g/mol. The Kier molecular flexibility index (Phi) is 6.76. The topological polar surface area (TPSA) is 69.3 Å². The predicted octanol–water partition coefficient (Wildman–Crippen LogP) is 8.50. The van der Waals surface area contributed by atoms with Crippen molar-refractivity contribution in [3.05, 3.63) is 108 Å². The monoisotopic (exact) mass is 527 g/mol. The van der Waals surface area contributed by atoms with E-state index in [1.165, 1.54) is 0 Å². The third-order valence-electron chi connectivity index (χ3n) is 6.54. The number of fused-ring (bicyclic) bond motifs is 1. The van der Waals surface area contributed by atoms with Crippen LogP contribution in [0.4, 0.5) is 10.5 Å². The lowest BCUT2D eigenvalue weighted by molar-refractivity contribution is 0.0636. The summed E-state index contributed by atoms with van der Waals surface area (Å²) >= 11 is 6.27. The number of benzene rings is 3. The zero-order chi connectivity index (χ0) is 26.9. The van der Waals surface area contributed by atoms with Crippen molar-refractivity contribution in [2.75, 3.05) is 5.32 Å². The van der Waals surface area contributed by atoms with Crippen molar-refractivity contribution >= 4 is 34.3 Å². The quantitative estimate of drug-likeness (QED) is 0.240. The van der Waals surface area contributed by atoms with Crippen molar-refractivity contribution in [3.8, 4) is 11.3 Å². The smallest absolute Gasteiger partial charge is 0.412 e. The van der Waals surface area contributed by atoms with E-state index < -0.39 is 17.2 Å². The minimum Gasteiger partial charge on any atom is -0.445 e. The van der Waals surface area contributed by atoms with Crippen LogP contribution in [0.25, 0.3) is 22.2 Å². The number of hydrogen-bond donors (Lipinski definition) is 1. The second-order valence-corrected chi connectivity index (χ2v) is 10.6. The van der Waals surface area contributed by atoms with Gasteiger partial charge in [-0.2, -0.15) is 0 Å². The number of hydrogen-bond acceptors (Lipinski definition) is 4. The van der Waals surface area contributed by atoms with Crippen LogP contribution < -0.4 is 5.32 Å². The molecule has 0 saturated heterocycles. The summed E-state index contributed by atoms with van der Waals surface area (Å²) in [7, 11) is 0. The Morgan fingerprint density at radius 1 is 1.00 bits per heavy atom. The van der Waals surface area contributed by atoms with Crippen LogP contribution in [0.2, 0.25) is 5.02 Å². The molecule has 0 saturated carbocycles. The first kappa shape index (κ1) is 25.6.